The van der Waals surface area contributed by atoms with E-state index in [1.54, 1.807) is 21.8 Å². The number of anilines is 2. The summed E-state index contributed by atoms with van der Waals surface area (Å²) in [5.41, 5.74) is 2.56. The Kier molecular flexibility index (Phi) is 13.1. The van der Waals surface area contributed by atoms with Crippen LogP contribution in [0.25, 0.3) is 0 Å². The minimum absolute atomic E-state index is 0.0650. The Morgan fingerprint density at radius 3 is 1.65 bits per heavy atom. The Morgan fingerprint density at radius 1 is 0.808 bits per heavy atom. The van der Waals surface area contributed by atoms with Gasteiger partial charge in [-0.05, 0) is 61.9 Å². The minimum Gasteiger partial charge on any atom is -0.423 e. The molecule has 1 saturated heterocycles. The van der Waals surface area contributed by atoms with Crippen LogP contribution in [0.2, 0.25) is 0 Å². The maximum Gasteiger partial charge on any atom is 0.494 e. The van der Waals surface area contributed by atoms with E-state index in [1.807, 2.05) is 53.7 Å². The van der Waals surface area contributed by atoms with Gasteiger partial charge >= 0.3 is 29.1 Å². The van der Waals surface area contributed by atoms with Crippen LogP contribution in [-0.2, 0) is 39.2 Å². The molecule has 0 saturated carbocycles. The second kappa shape index (κ2) is 16.5. The molecule has 2 aromatic carbocycles. The van der Waals surface area contributed by atoms with Crippen LogP contribution in [0.5, 0.6) is 0 Å². The Bertz CT molecular complexity index is 1700. The highest BCUT2D eigenvalue weighted by Gasteiger charge is 2.52. The molecule has 0 bridgehead atoms. The molecule has 3 aliphatic rings. The number of aliphatic hydroxyl groups excluding tert-OH is 2. The van der Waals surface area contributed by atoms with Gasteiger partial charge in [-0.15, -0.1) is 0 Å². The van der Waals surface area contributed by atoms with Crippen molar-refractivity contribution in [2.24, 2.45) is 0 Å². The number of rotatable bonds is 14. The summed E-state index contributed by atoms with van der Waals surface area (Å²) >= 11 is 0. The number of nitriles is 2. The fourth-order valence-electron chi connectivity index (χ4n) is 6.74. The monoisotopic (exact) mass is 712 g/mol. The molecule has 2 aromatic rings. The van der Waals surface area contributed by atoms with Crippen LogP contribution in [0.15, 0.2) is 24.3 Å². The van der Waals surface area contributed by atoms with Crippen LogP contribution in [-0.4, -0.2) is 126 Å². The van der Waals surface area contributed by atoms with Crippen molar-refractivity contribution in [3.63, 3.8) is 0 Å². The zero-order valence-electron chi connectivity index (χ0n) is 30.5. The van der Waals surface area contributed by atoms with E-state index in [-0.39, 0.29) is 44.1 Å². The molecule has 0 amide bonds. The van der Waals surface area contributed by atoms with Crippen LogP contribution in [0.3, 0.4) is 0 Å². The average Bonchev–Trinajstić information content (AvgIpc) is 3.63. The zero-order chi connectivity index (χ0) is 38.5. The quantitative estimate of drug-likeness (QED) is 0.104. The van der Waals surface area contributed by atoms with Crippen molar-refractivity contribution in [3.05, 3.63) is 46.5 Å². The summed E-state index contributed by atoms with van der Waals surface area (Å²) in [7, 11) is 0.487. The van der Waals surface area contributed by atoms with E-state index in [9.17, 15) is 30.2 Å². The third-order valence-corrected chi connectivity index (χ3v) is 10.0. The number of carbonyl (C=O) groups excluding carboxylic acids is 2. The molecule has 52 heavy (non-hydrogen) atoms. The third kappa shape index (κ3) is 8.25. The van der Waals surface area contributed by atoms with Crippen molar-refractivity contribution in [1.29, 1.82) is 10.5 Å². The highest BCUT2D eigenvalue weighted by atomic mass is 16.7. The van der Waals surface area contributed by atoms with Crippen LogP contribution < -0.4 is 20.5 Å². The molecule has 5 rings (SSSR count). The SMILES string of the molecule is CC1(COCCO)CN([B]C=O)c2c(C#N)cc(B(O)O)cc21.CC1(COCCO)CN([B]C=O)c2c(C#N)cc(B3OC(C)(C)C(C)(C)O3)cc21. The summed E-state index contributed by atoms with van der Waals surface area (Å²) in [6.07, 6.45) is 1.35. The Morgan fingerprint density at radius 2 is 1.25 bits per heavy atom. The second-order valence-electron chi connectivity index (χ2n) is 14.6. The fraction of sp³-hybridized carbons (Fsp3) is 0.529. The molecule has 272 valence electrons. The summed E-state index contributed by atoms with van der Waals surface area (Å²) in [6, 6.07) is 11.1. The van der Waals surface area contributed by atoms with E-state index >= 15 is 0 Å². The third-order valence-electron chi connectivity index (χ3n) is 10.0. The number of ether oxygens (including phenoxy) is 2. The standard InChI is InChI=1S/C20H27B2N2O5.C14H17B2N2O5/c1-18(2)19(3,4)29-22(28-18)15-8-14(10-23)17-16(9-15)20(5,12-27-7-6-25)11-24(17)21-13-26;1-14(8-23-3-2-19)7-18(15-9-20)13-10(6-17)4-11(16(21)22)5-12(13)14/h8-9,13,25H,6-7,11-12H2,1-5H3;4-5,9,19,21-22H,2-3,7-8H2,1H3. The van der Waals surface area contributed by atoms with Crippen molar-refractivity contribution in [1.82, 2.24) is 0 Å². The number of nitrogens with zero attached hydrogens (tertiary/aromatic N) is 4. The normalized spacial score (nSPS) is 22.0. The van der Waals surface area contributed by atoms with Gasteiger partial charge in [-0.1, -0.05) is 26.0 Å². The van der Waals surface area contributed by atoms with Gasteiger partial charge in [-0.2, -0.15) is 10.5 Å². The summed E-state index contributed by atoms with van der Waals surface area (Å²) < 4.78 is 23.4. The number of fused-ring (bicyclic) bond motifs is 2. The Labute approximate surface area is 307 Å². The summed E-state index contributed by atoms with van der Waals surface area (Å²) in [5.74, 6) is 0. The van der Waals surface area contributed by atoms with E-state index in [0.717, 1.165) is 11.0 Å². The van der Waals surface area contributed by atoms with Crippen molar-refractivity contribution in [2.75, 3.05) is 62.4 Å². The first-order valence-electron chi connectivity index (χ1n) is 16.9. The number of benzene rings is 2. The molecule has 1 fully saturated rings. The maximum absolute atomic E-state index is 11.2. The molecule has 18 heteroatoms. The lowest BCUT2D eigenvalue weighted by molar-refractivity contribution is 0.00578. The second-order valence-corrected chi connectivity index (χ2v) is 14.6. The van der Waals surface area contributed by atoms with Gasteiger partial charge in [0.25, 0.3) is 0 Å². The molecule has 2 atom stereocenters. The molecule has 0 spiro atoms. The zero-order valence-corrected chi connectivity index (χ0v) is 30.5. The van der Waals surface area contributed by atoms with Gasteiger partial charge in [0, 0.05) is 35.3 Å². The van der Waals surface area contributed by atoms with Gasteiger partial charge in [-0.3, -0.25) is 0 Å². The van der Waals surface area contributed by atoms with Gasteiger partial charge in [-0.25, -0.2) is 0 Å². The van der Waals surface area contributed by atoms with Crippen molar-refractivity contribution in [2.45, 2.75) is 63.6 Å². The number of hydrogen-bond donors (Lipinski definition) is 4. The summed E-state index contributed by atoms with van der Waals surface area (Å²) in [4.78, 5) is 25.5. The highest BCUT2D eigenvalue weighted by Crippen LogP contribution is 2.44. The lowest BCUT2D eigenvalue weighted by Crippen LogP contribution is -2.41. The van der Waals surface area contributed by atoms with Crippen LogP contribution in [0, 0.1) is 22.7 Å². The molecule has 0 aliphatic carbocycles. The van der Waals surface area contributed by atoms with E-state index in [0.29, 0.717) is 54.6 Å². The average molecular weight is 712 g/mol. The van der Waals surface area contributed by atoms with E-state index in [4.69, 9.17) is 29.0 Å². The maximum atomic E-state index is 11.2. The number of aliphatic hydroxyl groups is 2. The molecule has 4 N–H and O–H groups in total. The number of carbonyl (C=O) groups is 2. The van der Waals surface area contributed by atoms with Crippen molar-refractivity contribution < 1.29 is 48.6 Å². The molecule has 3 aliphatic heterocycles. The highest BCUT2D eigenvalue weighted by molar-refractivity contribution is 6.71. The minimum atomic E-state index is -1.70. The van der Waals surface area contributed by atoms with E-state index < -0.39 is 36.3 Å². The fourth-order valence-corrected chi connectivity index (χ4v) is 6.74. The van der Waals surface area contributed by atoms with Gasteiger partial charge in [0.15, 0.2) is 0 Å². The smallest absolute Gasteiger partial charge is 0.423 e. The van der Waals surface area contributed by atoms with E-state index in [2.05, 4.69) is 6.07 Å². The molecule has 14 nitrogen and oxygen atoms in total. The first-order valence-corrected chi connectivity index (χ1v) is 16.9. The summed E-state index contributed by atoms with van der Waals surface area (Å²) in [5, 5.41) is 56.0. The Balaban J connectivity index is 0.000000239. The summed E-state index contributed by atoms with van der Waals surface area (Å²) in [6.45, 7) is 13.6. The largest absolute Gasteiger partial charge is 0.494 e. The van der Waals surface area contributed by atoms with Crippen molar-refractivity contribution in [3.8, 4) is 12.1 Å². The van der Waals surface area contributed by atoms with Gasteiger partial charge in [0.05, 0.1) is 62.0 Å². The number of hydrogen-bond acceptors (Lipinski definition) is 14. The molecule has 3 heterocycles. The van der Waals surface area contributed by atoms with Crippen LogP contribution in [0.1, 0.15) is 63.8 Å². The van der Waals surface area contributed by atoms with Gasteiger partial charge in [0.1, 0.15) is 24.5 Å². The molecular formula is C34H44B4N4O10. The van der Waals surface area contributed by atoms with Crippen LogP contribution in [0.4, 0.5) is 11.4 Å². The lowest BCUT2D eigenvalue weighted by Gasteiger charge is -2.32. The van der Waals surface area contributed by atoms with Crippen molar-refractivity contribution >= 4 is 63.7 Å². The predicted molar refractivity (Wildman–Crippen MR) is 198 cm³/mol. The molecule has 0 aromatic heterocycles. The predicted octanol–water partition coefficient (Wildman–Crippen LogP) is -1.11. The topological polar surface area (TPSA) is 206 Å². The Hall–Kier alpha value is -3.70. The molecular weight excluding hydrogens is 668 g/mol. The van der Waals surface area contributed by atoms with Gasteiger partial charge < -0.3 is 58.3 Å². The first kappa shape index (κ1) is 41.1. The lowest BCUT2D eigenvalue weighted by atomic mass is 9.74. The van der Waals surface area contributed by atoms with Crippen LogP contribution >= 0.6 is 0 Å². The molecule has 2 radical (unpaired) electrons. The molecule has 2 unspecified atom stereocenters. The van der Waals surface area contributed by atoms with E-state index in [1.165, 1.54) is 20.9 Å². The first-order chi connectivity index (χ1) is 24.5. The van der Waals surface area contributed by atoms with Gasteiger partial charge in [0.2, 0.25) is 0 Å².